The molecule has 5 nitrogen and oxygen atoms in total. The van der Waals surface area contributed by atoms with Crippen LogP contribution in [0.2, 0.25) is 0 Å². The van der Waals surface area contributed by atoms with Crippen LogP contribution in [-0.2, 0) is 10.0 Å². The van der Waals surface area contributed by atoms with Gasteiger partial charge in [0.15, 0.2) is 0 Å². The summed E-state index contributed by atoms with van der Waals surface area (Å²) in [6, 6.07) is 8.24. The summed E-state index contributed by atoms with van der Waals surface area (Å²) in [4.78, 5) is 12.6. The van der Waals surface area contributed by atoms with Crippen molar-refractivity contribution in [3.8, 4) is 0 Å². The molecule has 0 fully saturated rings. The third-order valence-corrected chi connectivity index (χ3v) is 5.80. The van der Waals surface area contributed by atoms with Gasteiger partial charge in [0, 0.05) is 15.6 Å². The van der Waals surface area contributed by atoms with Crippen molar-refractivity contribution in [2.75, 3.05) is 5.32 Å². The zero-order chi connectivity index (χ0) is 19.7. The fourth-order valence-electron chi connectivity index (χ4n) is 2.26. The number of carbonyl (C=O) groups excluding carboxylic acids is 1. The second-order valence-electron chi connectivity index (χ2n) is 6.91. The molecule has 0 aliphatic rings. The molecule has 2 aromatic carbocycles. The number of benzene rings is 2. The molecule has 1 amide bonds. The highest BCUT2D eigenvalue weighted by Crippen LogP contribution is 2.25. The van der Waals surface area contributed by atoms with E-state index in [0.29, 0.717) is 15.7 Å². The fraction of sp³-hybridized carbons (Fsp3) is 0.278. The van der Waals surface area contributed by atoms with E-state index in [1.165, 1.54) is 30.3 Å². The number of amides is 1. The Morgan fingerprint density at radius 1 is 1.12 bits per heavy atom. The maximum absolute atomic E-state index is 13.2. The molecule has 140 valence electrons. The first-order valence-corrected chi connectivity index (χ1v) is 10.1. The molecule has 0 aliphatic carbocycles. The molecule has 26 heavy (non-hydrogen) atoms. The van der Waals surface area contributed by atoms with E-state index in [9.17, 15) is 17.6 Å². The Labute approximate surface area is 161 Å². The van der Waals surface area contributed by atoms with Gasteiger partial charge in [-0.15, -0.1) is 0 Å². The number of carbonyl (C=O) groups is 1. The third kappa shape index (κ3) is 5.12. The highest BCUT2D eigenvalue weighted by atomic mass is 79.9. The topological polar surface area (TPSA) is 75.3 Å². The van der Waals surface area contributed by atoms with Gasteiger partial charge >= 0.3 is 0 Å². The van der Waals surface area contributed by atoms with Crippen molar-refractivity contribution < 1.29 is 17.6 Å². The SMILES string of the molecule is Cc1ccc(S(=O)(=O)NC(C)(C)C)cc1C(=O)Nc1ccc(F)cc1Br. The minimum Gasteiger partial charge on any atom is -0.321 e. The lowest BCUT2D eigenvalue weighted by atomic mass is 10.1. The van der Waals surface area contributed by atoms with Crippen molar-refractivity contribution in [2.45, 2.75) is 38.1 Å². The van der Waals surface area contributed by atoms with Gasteiger partial charge in [-0.05, 0) is 79.5 Å². The molecule has 0 aromatic heterocycles. The van der Waals surface area contributed by atoms with Crippen LogP contribution in [0, 0.1) is 12.7 Å². The van der Waals surface area contributed by atoms with E-state index in [0.717, 1.165) is 0 Å². The van der Waals surface area contributed by atoms with Gasteiger partial charge in [-0.3, -0.25) is 4.79 Å². The molecule has 0 atom stereocenters. The van der Waals surface area contributed by atoms with Crippen molar-refractivity contribution in [3.63, 3.8) is 0 Å². The number of aryl methyl sites for hydroxylation is 1. The summed E-state index contributed by atoms with van der Waals surface area (Å²) in [6.45, 7) is 6.91. The van der Waals surface area contributed by atoms with Gasteiger partial charge in [-0.1, -0.05) is 6.07 Å². The number of anilines is 1. The molecule has 0 radical (unpaired) electrons. The van der Waals surface area contributed by atoms with Crippen molar-refractivity contribution in [1.82, 2.24) is 4.72 Å². The second-order valence-corrected chi connectivity index (χ2v) is 9.45. The average molecular weight is 443 g/mol. The largest absolute Gasteiger partial charge is 0.321 e. The Kier molecular flexibility index (Phi) is 5.89. The lowest BCUT2D eigenvalue weighted by molar-refractivity contribution is 0.102. The molecule has 0 saturated carbocycles. The number of halogens is 2. The number of nitrogens with one attached hydrogen (secondary N) is 2. The standard InChI is InChI=1S/C18H20BrFN2O3S/c1-11-5-7-13(26(24,25)22-18(2,3)4)10-14(11)17(23)21-16-8-6-12(20)9-15(16)19/h5-10,22H,1-4H3,(H,21,23). The van der Waals surface area contributed by atoms with Crippen LogP contribution in [0.3, 0.4) is 0 Å². The number of hydrogen-bond acceptors (Lipinski definition) is 3. The highest BCUT2D eigenvalue weighted by molar-refractivity contribution is 9.10. The summed E-state index contributed by atoms with van der Waals surface area (Å²) in [5.74, 6) is -0.921. The fourth-order valence-corrected chi connectivity index (χ4v) is 4.15. The predicted octanol–water partition coefficient (Wildman–Crippen LogP) is 4.23. The monoisotopic (exact) mass is 442 g/mol. The van der Waals surface area contributed by atoms with Crippen molar-refractivity contribution in [1.29, 1.82) is 0 Å². The Hall–Kier alpha value is -1.77. The third-order valence-electron chi connectivity index (χ3n) is 3.38. The van der Waals surface area contributed by atoms with Gasteiger partial charge in [0.2, 0.25) is 10.0 Å². The van der Waals surface area contributed by atoms with Crippen LogP contribution < -0.4 is 10.0 Å². The van der Waals surface area contributed by atoms with Crippen LogP contribution in [-0.4, -0.2) is 19.9 Å². The Balaban J connectivity index is 2.36. The van der Waals surface area contributed by atoms with Crippen molar-refractivity contribution in [2.24, 2.45) is 0 Å². The summed E-state index contributed by atoms with van der Waals surface area (Å²) < 4.78 is 41.1. The molecule has 2 N–H and O–H groups in total. The smallest absolute Gasteiger partial charge is 0.256 e. The molecule has 0 spiro atoms. The molecular formula is C18H20BrFN2O3S. The lowest BCUT2D eigenvalue weighted by Crippen LogP contribution is -2.40. The normalized spacial score (nSPS) is 12.1. The first kappa shape index (κ1) is 20.5. The number of sulfonamides is 1. The summed E-state index contributed by atoms with van der Waals surface area (Å²) in [5, 5.41) is 2.65. The second kappa shape index (κ2) is 7.46. The molecule has 2 aromatic rings. The molecule has 0 saturated heterocycles. The van der Waals surface area contributed by atoms with Crippen molar-refractivity contribution >= 4 is 37.5 Å². The summed E-state index contributed by atoms with van der Waals surface area (Å²) in [7, 11) is -3.77. The molecule has 2 rings (SSSR count). The van der Waals surface area contributed by atoms with E-state index in [1.54, 1.807) is 33.8 Å². The Bertz CT molecular complexity index is 953. The Morgan fingerprint density at radius 3 is 2.35 bits per heavy atom. The summed E-state index contributed by atoms with van der Waals surface area (Å²) >= 11 is 3.19. The number of hydrogen-bond donors (Lipinski definition) is 2. The van der Waals surface area contributed by atoms with E-state index in [1.807, 2.05) is 0 Å². The molecule has 8 heteroatoms. The van der Waals surface area contributed by atoms with Crippen LogP contribution in [0.4, 0.5) is 10.1 Å². The van der Waals surface area contributed by atoms with Crippen LogP contribution >= 0.6 is 15.9 Å². The molecule has 0 aliphatic heterocycles. The van der Waals surface area contributed by atoms with E-state index < -0.39 is 27.3 Å². The van der Waals surface area contributed by atoms with Crippen LogP contribution in [0.25, 0.3) is 0 Å². The maximum Gasteiger partial charge on any atom is 0.256 e. The van der Waals surface area contributed by atoms with Crippen LogP contribution in [0.5, 0.6) is 0 Å². The lowest BCUT2D eigenvalue weighted by Gasteiger charge is -2.20. The van der Waals surface area contributed by atoms with E-state index in [2.05, 4.69) is 26.0 Å². The zero-order valence-electron chi connectivity index (χ0n) is 14.9. The summed E-state index contributed by atoms with van der Waals surface area (Å²) in [5.41, 5.74) is 0.579. The van der Waals surface area contributed by atoms with Gasteiger partial charge in [0.05, 0.1) is 10.6 Å². The summed E-state index contributed by atoms with van der Waals surface area (Å²) in [6.07, 6.45) is 0. The minimum absolute atomic E-state index is 0.00125. The molecule has 0 bridgehead atoms. The van der Waals surface area contributed by atoms with Crippen molar-refractivity contribution in [3.05, 3.63) is 57.8 Å². The Morgan fingerprint density at radius 2 is 1.77 bits per heavy atom. The maximum atomic E-state index is 13.2. The van der Waals surface area contributed by atoms with Gasteiger partial charge < -0.3 is 5.32 Å². The van der Waals surface area contributed by atoms with Gasteiger partial charge in [0.25, 0.3) is 5.91 Å². The first-order chi connectivity index (χ1) is 11.9. The molecule has 0 heterocycles. The minimum atomic E-state index is -3.77. The first-order valence-electron chi connectivity index (χ1n) is 7.80. The van der Waals surface area contributed by atoms with E-state index in [4.69, 9.17) is 0 Å². The van der Waals surface area contributed by atoms with Gasteiger partial charge in [-0.2, -0.15) is 0 Å². The quantitative estimate of drug-likeness (QED) is 0.743. The van der Waals surface area contributed by atoms with Crippen LogP contribution in [0.15, 0.2) is 45.8 Å². The predicted molar refractivity (Wildman–Crippen MR) is 103 cm³/mol. The van der Waals surface area contributed by atoms with Gasteiger partial charge in [-0.25, -0.2) is 17.5 Å². The number of rotatable bonds is 4. The highest BCUT2D eigenvalue weighted by Gasteiger charge is 2.23. The van der Waals surface area contributed by atoms with E-state index in [-0.39, 0.29) is 10.5 Å². The molecular weight excluding hydrogens is 423 g/mol. The van der Waals surface area contributed by atoms with Gasteiger partial charge in [0.1, 0.15) is 5.82 Å². The average Bonchev–Trinajstić information content (AvgIpc) is 2.47. The van der Waals surface area contributed by atoms with Crippen LogP contribution in [0.1, 0.15) is 36.7 Å². The molecule has 0 unspecified atom stereocenters. The van der Waals surface area contributed by atoms with E-state index >= 15 is 0 Å². The zero-order valence-corrected chi connectivity index (χ0v) is 17.3.